The Morgan fingerprint density at radius 3 is 1.61 bits per heavy atom. The fraction of sp³-hybridized carbons (Fsp3) is 0.0769. The third-order valence-electron chi connectivity index (χ3n) is 5.17. The van der Waals surface area contributed by atoms with Crippen molar-refractivity contribution in [1.29, 1.82) is 0 Å². The zero-order chi connectivity index (χ0) is 19.4. The van der Waals surface area contributed by atoms with Crippen LogP contribution in [-0.4, -0.2) is 11.6 Å². The minimum absolute atomic E-state index is 0.167. The summed E-state index contributed by atoms with van der Waals surface area (Å²) in [6.07, 6.45) is 5.94. The molecule has 4 rings (SSSR count). The summed E-state index contributed by atoms with van der Waals surface area (Å²) >= 11 is 0. The first-order chi connectivity index (χ1) is 13.7. The Hall–Kier alpha value is -3.52. The third-order valence-corrected chi connectivity index (χ3v) is 5.17. The maximum absolute atomic E-state index is 13.6. The maximum atomic E-state index is 13.6. The Morgan fingerprint density at radius 2 is 1.11 bits per heavy atom. The van der Waals surface area contributed by atoms with Crippen LogP contribution in [0.15, 0.2) is 109 Å². The number of allylic oxidation sites excluding steroid dienone is 4. The average molecular weight is 364 g/mol. The molecule has 3 aromatic rings. The molecule has 0 aromatic heterocycles. The van der Waals surface area contributed by atoms with Gasteiger partial charge in [0.25, 0.3) is 0 Å². The topological polar surface area (TPSA) is 34.1 Å². The highest BCUT2D eigenvalue weighted by Crippen LogP contribution is 2.41. The third kappa shape index (κ3) is 3.25. The van der Waals surface area contributed by atoms with Gasteiger partial charge in [-0.05, 0) is 17.6 Å². The lowest BCUT2D eigenvalue weighted by molar-refractivity contribution is 0.0730. The van der Waals surface area contributed by atoms with E-state index >= 15 is 0 Å². The van der Waals surface area contributed by atoms with Gasteiger partial charge in [-0.25, -0.2) is 0 Å². The van der Waals surface area contributed by atoms with Gasteiger partial charge in [0.1, 0.15) is 5.41 Å². The van der Waals surface area contributed by atoms with Gasteiger partial charge in [0.05, 0.1) is 0 Å². The summed E-state index contributed by atoms with van der Waals surface area (Å²) in [5, 5.41) is 0. The van der Waals surface area contributed by atoms with E-state index in [1.54, 1.807) is 30.3 Å². The average Bonchev–Trinajstić information content (AvgIpc) is 2.80. The highest BCUT2D eigenvalue weighted by molar-refractivity contribution is 6.22. The first-order valence-corrected chi connectivity index (χ1v) is 9.34. The summed E-state index contributed by atoms with van der Waals surface area (Å²) in [5.74, 6) is -0.334. The minimum atomic E-state index is -1.25. The number of rotatable bonds is 5. The second kappa shape index (κ2) is 7.61. The maximum Gasteiger partial charge on any atom is 0.180 e. The van der Waals surface area contributed by atoms with Gasteiger partial charge in [-0.1, -0.05) is 109 Å². The van der Waals surface area contributed by atoms with Crippen LogP contribution in [0.2, 0.25) is 0 Å². The largest absolute Gasteiger partial charge is 0.293 e. The van der Waals surface area contributed by atoms with Crippen LogP contribution in [-0.2, 0) is 0 Å². The molecule has 0 saturated carbocycles. The Balaban J connectivity index is 1.81. The molecule has 0 fully saturated rings. The lowest BCUT2D eigenvalue weighted by Crippen LogP contribution is -2.39. The van der Waals surface area contributed by atoms with E-state index in [0.717, 1.165) is 11.1 Å². The van der Waals surface area contributed by atoms with Gasteiger partial charge in [0.15, 0.2) is 11.6 Å². The Kier molecular flexibility index (Phi) is 4.86. The lowest BCUT2D eigenvalue weighted by Gasteiger charge is -2.31. The number of Topliss-reactive ketones (excluding diaryl/α,β-unsaturated/α-hetero) is 2. The van der Waals surface area contributed by atoms with E-state index in [9.17, 15) is 9.59 Å². The molecule has 0 radical (unpaired) electrons. The summed E-state index contributed by atoms with van der Waals surface area (Å²) in [7, 11) is 0. The number of carbonyl (C=O) groups excluding carboxylic acids is 2. The van der Waals surface area contributed by atoms with Crippen LogP contribution < -0.4 is 0 Å². The molecule has 0 spiro atoms. The van der Waals surface area contributed by atoms with Crippen LogP contribution in [0.4, 0.5) is 0 Å². The molecule has 1 aliphatic rings. The molecule has 0 N–H and O–H groups in total. The second-order valence-electron chi connectivity index (χ2n) is 6.96. The van der Waals surface area contributed by atoms with Gasteiger partial charge in [-0.15, -0.1) is 0 Å². The minimum Gasteiger partial charge on any atom is -0.293 e. The molecule has 136 valence electrons. The van der Waals surface area contributed by atoms with E-state index in [-0.39, 0.29) is 11.6 Å². The molecule has 28 heavy (non-hydrogen) atoms. The van der Waals surface area contributed by atoms with Crippen molar-refractivity contribution in [1.82, 2.24) is 0 Å². The van der Waals surface area contributed by atoms with Crippen molar-refractivity contribution in [2.45, 2.75) is 6.42 Å². The predicted molar refractivity (Wildman–Crippen MR) is 112 cm³/mol. The van der Waals surface area contributed by atoms with Gasteiger partial charge in [-0.2, -0.15) is 0 Å². The van der Waals surface area contributed by atoms with Crippen molar-refractivity contribution in [3.63, 3.8) is 0 Å². The summed E-state index contributed by atoms with van der Waals surface area (Å²) in [5.41, 5.74) is 1.86. The molecule has 0 atom stereocenters. The van der Waals surface area contributed by atoms with Crippen LogP contribution in [0.3, 0.4) is 0 Å². The molecule has 1 aliphatic carbocycles. The van der Waals surface area contributed by atoms with Crippen molar-refractivity contribution in [2.24, 2.45) is 5.41 Å². The first kappa shape index (κ1) is 17.9. The Bertz CT molecular complexity index is 994. The SMILES string of the molecule is O=C(c1ccccc1)C1(C(=O)c2ccccc2)C=CC=C(c2ccccc2)C1. The van der Waals surface area contributed by atoms with Crippen molar-refractivity contribution < 1.29 is 9.59 Å². The highest BCUT2D eigenvalue weighted by atomic mass is 16.2. The van der Waals surface area contributed by atoms with Crippen LogP contribution in [0, 0.1) is 5.41 Å². The zero-order valence-corrected chi connectivity index (χ0v) is 15.4. The highest BCUT2D eigenvalue weighted by Gasteiger charge is 2.45. The quantitative estimate of drug-likeness (QED) is 0.425. The van der Waals surface area contributed by atoms with Gasteiger partial charge in [-0.3, -0.25) is 9.59 Å². The van der Waals surface area contributed by atoms with Crippen molar-refractivity contribution in [2.75, 3.05) is 0 Å². The molecule has 3 aromatic carbocycles. The van der Waals surface area contributed by atoms with Crippen molar-refractivity contribution in [3.05, 3.63) is 126 Å². The first-order valence-electron chi connectivity index (χ1n) is 9.34. The monoisotopic (exact) mass is 364 g/mol. The fourth-order valence-corrected chi connectivity index (χ4v) is 3.71. The molecule has 2 nitrogen and oxygen atoms in total. The van der Waals surface area contributed by atoms with Crippen LogP contribution in [0.25, 0.3) is 5.57 Å². The number of hydrogen-bond donors (Lipinski definition) is 0. The van der Waals surface area contributed by atoms with Crippen LogP contribution in [0.5, 0.6) is 0 Å². The van der Waals surface area contributed by atoms with Gasteiger partial charge in [0.2, 0.25) is 0 Å². The van der Waals surface area contributed by atoms with Gasteiger partial charge in [0, 0.05) is 11.1 Å². The fourth-order valence-electron chi connectivity index (χ4n) is 3.71. The molecule has 0 aliphatic heterocycles. The lowest BCUT2D eigenvalue weighted by atomic mass is 9.67. The van der Waals surface area contributed by atoms with Crippen LogP contribution in [0.1, 0.15) is 32.7 Å². The zero-order valence-electron chi connectivity index (χ0n) is 15.4. The Morgan fingerprint density at radius 1 is 0.643 bits per heavy atom. The molecular weight excluding hydrogens is 344 g/mol. The molecule has 0 unspecified atom stereocenters. The standard InChI is InChI=1S/C26H20O2/c27-24(21-13-6-2-7-14-21)26(25(28)22-15-8-3-9-16-22)18-10-17-23(19-26)20-11-4-1-5-12-20/h1-18H,19H2. The summed E-state index contributed by atoms with van der Waals surface area (Å²) in [6, 6.07) is 28.1. The van der Waals surface area contributed by atoms with E-state index in [1.165, 1.54) is 0 Å². The summed E-state index contributed by atoms with van der Waals surface area (Å²) in [4.78, 5) is 27.2. The predicted octanol–water partition coefficient (Wildman–Crippen LogP) is 5.78. The van der Waals surface area contributed by atoms with E-state index in [1.807, 2.05) is 78.9 Å². The van der Waals surface area contributed by atoms with Crippen LogP contribution >= 0.6 is 0 Å². The van der Waals surface area contributed by atoms with Gasteiger partial charge < -0.3 is 0 Å². The molecule has 0 bridgehead atoms. The van der Waals surface area contributed by atoms with E-state index in [4.69, 9.17) is 0 Å². The molecule has 2 heteroatoms. The van der Waals surface area contributed by atoms with E-state index < -0.39 is 5.41 Å². The Labute approximate surface area is 164 Å². The normalized spacial score (nSPS) is 14.9. The number of benzene rings is 3. The molecule has 0 heterocycles. The van der Waals surface area contributed by atoms with Gasteiger partial charge >= 0.3 is 0 Å². The summed E-state index contributed by atoms with van der Waals surface area (Å²) in [6.45, 7) is 0. The molecule has 0 saturated heterocycles. The number of ketones is 2. The van der Waals surface area contributed by atoms with Crippen molar-refractivity contribution in [3.8, 4) is 0 Å². The molecule has 0 amide bonds. The smallest absolute Gasteiger partial charge is 0.180 e. The van der Waals surface area contributed by atoms with E-state index in [2.05, 4.69) is 0 Å². The van der Waals surface area contributed by atoms with Crippen molar-refractivity contribution >= 4 is 17.1 Å². The number of carbonyl (C=O) groups is 2. The number of hydrogen-bond acceptors (Lipinski definition) is 2. The second-order valence-corrected chi connectivity index (χ2v) is 6.96. The summed E-state index contributed by atoms with van der Waals surface area (Å²) < 4.78 is 0. The van der Waals surface area contributed by atoms with E-state index in [0.29, 0.717) is 17.5 Å². The molecular formula is C26H20O2.